The summed E-state index contributed by atoms with van der Waals surface area (Å²) in [5, 5.41) is 11.3. The summed E-state index contributed by atoms with van der Waals surface area (Å²) < 4.78 is 28.5. The van der Waals surface area contributed by atoms with Crippen molar-refractivity contribution in [2.24, 2.45) is 7.05 Å². The highest BCUT2D eigenvalue weighted by molar-refractivity contribution is 7.99. The van der Waals surface area contributed by atoms with Gasteiger partial charge in [0.25, 0.3) is 0 Å². The van der Waals surface area contributed by atoms with Gasteiger partial charge in [-0.25, -0.2) is 8.78 Å². The predicted molar refractivity (Wildman–Crippen MR) is 94.9 cm³/mol. The van der Waals surface area contributed by atoms with E-state index in [9.17, 15) is 13.6 Å². The fourth-order valence-electron chi connectivity index (χ4n) is 2.28. The van der Waals surface area contributed by atoms with Crippen LogP contribution in [0.15, 0.2) is 58.8 Å². The number of hydrogen-bond acceptors (Lipinski definition) is 4. The zero-order valence-corrected chi connectivity index (χ0v) is 14.8. The number of aromatic nitrogens is 3. The minimum atomic E-state index is -0.516. The zero-order chi connectivity index (χ0) is 18.5. The number of hydrogen-bond donors (Lipinski definition) is 1. The van der Waals surface area contributed by atoms with Gasteiger partial charge in [0, 0.05) is 24.1 Å². The van der Waals surface area contributed by atoms with Gasteiger partial charge in [-0.1, -0.05) is 0 Å². The number of carbonyl (C=O) groups is 1. The molecule has 134 valence electrons. The van der Waals surface area contributed by atoms with Crippen molar-refractivity contribution in [1.82, 2.24) is 14.8 Å². The fourth-order valence-corrected chi connectivity index (χ4v) is 3.05. The minimum Gasteiger partial charge on any atom is -0.326 e. The topological polar surface area (TPSA) is 59.8 Å². The van der Waals surface area contributed by atoms with Crippen LogP contribution in [-0.2, 0) is 18.3 Å². The maximum Gasteiger partial charge on any atom is 0.224 e. The third-order valence-electron chi connectivity index (χ3n) is 3.65. The Morgan fingerprint density at radius 3 is 2.65 bits per heavy atom. The van der Waals surface area contributed by atoms with E-state index in [1.165, 1.54) is 11.8 Å². The summed E-state index contributed by atoms with van der Waals surface area (Å²) in [6, 6.07) is 10.5. The number of amides is 1. The number of anilines is 1. The van der Waals surface area contributed by atoms with Crippen LogP contribution in [0.5, 0.6) is 0 Å². The molecule has 2 aromatic carbocycles. The highest BCUT2D eigenvalue weighted by Gasteiger charge is 2.09. The van der Waals surface area contributed by atoms with Crippen molar-refractivity contribution >= 4 is 23.4 Å². The Bertz CT molecular complexity index is 912. The third-order valence-corrected chi connectivity index (χ3v) is 4.71. The number of halogens is 2. The molecular weight excluding hydrogens is 358 g/mol. The van der Waals surface area contributed by atoms with Crippen LogP contribution in [0.25, 0.3) is 0 Å². The fraction of sp³-hybridized carbons (Fsp3) is 0.167. The van der Waals surface area contributed by atoms with Gasteiger partial charge in [0.1, 0.15) is 18.0 Å². The summed E-state index contributed by atoms with van der Waals surface area (Å²) in [6.07, 6.45) is 1.82. The minimum absolute atomic E-state index is 0.0653. The highest BCUT2D eigenvalue weighted by Crippen LogP contribution is 2.26. The monoisotopic (exact) mass is 374 g/mol. The van der Waals surface area contributed by atoms with Crippen molar-refractivity contribution < 1.29 is 13.6 Å². The number of benzene rings is 2. The molecule has 0 spiro atoms. The molecular formula is C18H16F2N4OS. The quantitative estimate of drug-likeness (QED) is 0.713. The summed E-state index contributed by atoms with van der Waals surface area (Å²) in [7, 11) is 1.86. The Morgan fingerprint density at radius 1 is 1.19 bits per heavy atom. The molecule has 1 amide bonds. The van der Waals surface area contributed by atoms with E-state index in [4.69, 9.17) is 0 Å². The van der Waals surface area contributed by atoms with Crippen molar-refractivity contribution in [1.29, 1.82) is 0 Å². The van der Waals surface area contributed by atoms with E-state index in [2.05, 4.69) is 15.5 Å². The van der Waals surface area contributed by atoms with Crippen molar-refractivity contribution in [3.8, 4) is 0 Å². The van der Waals surface area contributed by atoms with Gasteiger partial charge in [0.2, 0.25) is 5.91 Å². The van der Waals surface area contributed by atoms with Gasteiger partial charge in [-0.3, -0.25) is 4.79 Å². The van der Waals surface area contributed by atoms with Crippen LogP contribution in [0.1, 0.15) is 12.0 Å². The second-order valence-electron chi connectivity index (χ2n) is 5.63. The molecule has 8 heteroatoms. The molecule has 0 radical (unpaired) electrons. The van der Waals surface area contributed by atoms with Crippen LogP contribution in [0.3, 0.4) is 0 Å². The average molecular weight is 374 g/mol. The molecule has 0 unspecified atom stereocenters. The maximum absolute atomic E-state index is 13.6. The van der Waals surface area contributed by atoms with E-state index in [0.717, 1.165) is 28.3 Å². The Balaban J connectivity index is 1.54. The third kappa shape index (κ3) is 4.66. The van der Waals surface area contributed by atoms with E-state index in [1.54, 1.807) is 18.5 Å². The molecule has 1 heterocycles. The Hall–Kier alpha value is -2.74. The van der Waals surface area contributed by atoms with Crippen molar-refractivity contribution in [3.05, 3.63) is 66.0 Å². The largest absolute Gasteiger partial charge is 0.326 e. The van der Waals surface area contributed by atoms with Crippen LogP contribution in [0, 0.1) is 11.6 Å². The van der Waals surface area contributed by atoms with Crippen molar-refractivity contribution in [2.45, 2.75) is 22.9 Å². The van der Waals surface area contributed by atoms with Crippen molar-refractivity contribution in [2.75, 3.05) is 5.32 Å². The number of nitrogens with one attached hydrogen (secondary N) is 1. The van der Waals surface area contributed by atoms with Gasteiger partial charge in [0.05, 0.1) is 0 Å². The number of rotatable bonds is 6. The van der Waals surface area contributed by atoms with E-state index in [-0.39, 0.29) is 24.3 Å². The average Bonchev–Trinajstić information content (AvgIpc) is 3.02. The normalized spacial score (nSPS) is 10.7. The summed E-state index contributed by atoms with van der Waals surface area (Å²) in [5.41, 5.74) is 0.826. The molecule has 0 saturated heterocycles. The summed E-state index contributed by atoms with van der Waals surface area (Å²) in [4.78, 5) is 13.0. The maximum atomic E-state index is 13.6. The number of nitrogens with zero attached hydrogens (tertiary/aromatic N) is 3. The van der Waals surface area contributed by atoms with E-state index < -0.39 is 11.6 Å². The molecule has 5 nitrogen and oxygen atoms in total. The standard InChI is InChI=1S/C18H16F2N4OS/c1-24-11-21-23-18(24)26-15-6-4-14(5-7-15)22-17(25)9-2-12-10-13(19)3-8-16(12)20/h3-8,10-11H,2,9H2,1H3,(H,22,25). The molecule has 0 aliphatic carbocycles. The molecule has 0 fully saturated rings. The first-order valence-corrected chi connectivity index (χ1v) is 8.68. The SMILES string of the molecule is Cn1cnnc1Sc1ccc(NC(=O)CCc2cc(F)ccc2F)cc1. The van der Waals surface area contributed by atoms with Crippen molar-refractivity contribution in [3.63, 3.8) is 0 Å². The lowest BCUT2D eigenvalue weighted by Gasteiger charge is -2.07. The molecule has 0 aliphatic heterocycles. The van der Waals surface area contributed by atoms with Gasteiger partial charge < -0.3 is 9.88 Å². The molecule has 0 bridgehead atoms. The van der Waals surface area contributed by atoms with Crippen LogP contribution >= 0.6 is 11.8 Å². The smallest absolute Gasteiger partial charge is 0.224 e. The Labute approximate surface area is 153 Å². The molecule has 3 aromatic rings. The summed E-state index contributed by atoms with van der Waals surface area (Å²) >= 11 is 1.46. The highest BCUT2D eigenvalue weighted by atomic mass is 32.2. The van der Waals surface area contributed by atoms with Crippen LogP contribution in [-0.4, -0.2) is 20.7 Å². The van der Waals surface area contributed by atoms with Gasteiger partial charge in [-0.15, -0.1) is 10.2 Å². The predicted octanol–water partition coefficient (Wildman–Crippen LogP) is 3.82. The van der Waals surface area contributed by atoms with E-state index >= 15 is 0 Å². The van der Waals surface area contributed by atoms with Gasteiger partial charge in [-0.05, 0) is 66.2 Å². The molecule has 1 aromatic heterocycles. The molecule has 26 heavy (non-hydrogen) atoms. The Kier molecular flexibility index (Phi) is 5.62. The lowest BCUT2D eigenvalue weighted by atomic mass is 10.1. The van der Waals surface area contributed by atoms with Crippen LogP contribution in [0.4, 0.5) is 14.5 Å². The zero-order valence-electron chi connectivity index (χ0n) is 13.9. The lowest BCUT2D eigenvalue weighted by Crippen LogP contribution is -2.12. The van der Waals surface area contributed by atoms with Gasteiger partial charge in [0.15, 0.2) is 5.16 Å². The van der Waals surface area contributed by atoms with Crippen LogP contribution < -0.4 is 5.32 Å². The van der Waals surface area contributed by atoms with Gasteiger partial charge in [-0.2, -0.15) is 0 Å². The second kappa shape index (κ2) is 8.09. The Morgan fingerprint density at radius 2 is 1.96 bits per heavy atom. The number of aryl methyl sites for hydroxylation is 2. The second-order valence-corrected chi connectivity index (χ2v) is 6.68. The van der Waals surface area contributed by atoms with Gasteiger partial charge >= 0.3 is 0 Å². The molecule has 0 atom stereocenters. The molecule has 0 aliphatic rings. The molecule has 1 N–H and O–H groups in total. The summed E-state index contributed by atoms with van der Waals surface area (Å²) in [5.74, 6) is -1.29. The number of carbonyl (C=O) groups excluding carboxylic acids is 1. The van der Waals surface area contributed by atoms with Crippen LogP contribution in [0.2, 0.25) is 0 Å². The summed E-state index contributed by atoms with van der Waals surface area (Å²) in [6.45, 7) is 0. The first-order chi connectivity index (χ1) is 12.5. The van der Waals surface area contributed by atoms with E-state index in [0.29, 0.717) is 5.69 Å². The first kappa shape index (κ1) is 18.1. The lowest BCUT2D eigenvalue weighted by molar-refractivity contribution is -0.116. The van der Waals surface area contributed by atoms with E-state index in [1.807, 2.05) is 23.7 Å². The first-order valence-electron chi connectivity index (χ1n) is 7.87. The molecule has 3 rings (SSSR count). The molecule has 0 saturated carbocycles.